The van der Waals surface area contributed by atoms with Gasteiger partial charge in [0.05, 0.1) is 0 Å². The van der Waals surface area contributed by atoms with E-state index in [0.29, 0.717) is 19.3 Å². The van der Waals surface area contributed by atoms with E-state index in [1.807, 2.05) is 0 Å². The van der Waals surface area contributed by atoms with Gasteiger partial charge in [-0.05, 0) is 96.3 Å². The lowest BCUT2D eigenvalue weighted by Crippen LogP contribution is -2.30. The van der Waals surface area contributed by atoms with Crippen LogP contribution in [-0.2, 0) is 28.6 Å². The fraction of sp³-hybridized carbons (Fsp3) is 0.873. The average molecular weight is 1080 g/mol. The quantitative estimate of drug-likeness (QED) is 0.0261. The third kappa shape index (κ3) is 64.3. The van der Waals surface area contributed by atoms with Gasteiger partial charge in [0, 0.05) is 19.3 Å². The number of rotatable bonds is 64. The maximum atomic E-state index is 12.9. The largest absolute Gasteiger partial charge is 0.462 e. The number of hydrogen-bond acceptors (Lipinski definition) is 6. The second kappa shape index (κ2) is 66.1. The van der Waals surface area contributed by atoms with Crippen molar-refractivity contribution in [3.63, 3.8) is 0 Å². The highest BCUT2D eigenvalue weighted by molar-refractivity contribution is 5.71. The van der Waals surface area contributed by atoms with Gasteiger partial charge in [-0.3, -0.25) is 14.4 Å². The first-order valence-electron chi connectivity index (χ1n) is 34.5. The Balaban J connectivity index is 4.22. The molecule has 0 aromatic rings. The maximum Gasteiger partial charge on any atom is 0.306 e. The van der Waals surface area contributed by atoms with E-state index in [1.165, 1.54) is 276 Å². The van der Waals surface area contributed by atoms with Crippen LogP contribution in [0.3, 0.4) is 0 Å². The van der Waals surface area contributed by atoms with E-state index in [2.05, 4.69) is 57.2 Å². The molecule has 0 amide bonds. The molecule has 0 aromatic carbocycles. The summed E-state index contributed by atoms with van der Waals surface area (Å²) in [5.74, 6) is -0.858. The van der Waals surface area contributed by atoms with Gasteiger partial charge in [0.25, 0.3) is 0 Å². The van der Waals surface area contributed by atoms with Crippen molar-refractivity contribution in [2.24, 2.45) is 0 Å². The molecule has 1 unspecified atom stereocenters. The van der Waals surface area contributed by atoms with Crippen LogP contribution in [0.2, 0.25) is 0 Å². The van der Waals surface area contributed by atoms with Crippen molar-refractivity contribution in [1.29, 1.82) is 0 Å². The molecule has 0 saturated carbocycles. The Morgan fingerprint density at radius 2 is 0.429 bits per heavy atom. The number of carbonyl (C=O) groups excluding carboxylic acids is 3. The van der Waals surface area contributed by atoms with Crippen LogP contribution in [0.5, 0.6) is 0 Å². The number of hydrogen-bond donors (Lipinski definition) is 0. The summed E-state index contributed by atoms with van der Waals surface area (Å²) in [4.78, 5) is 38.4. The molecule has 0 rings (SSSR count). The van der Waals surface area contributed by atoms with E-state index in [4.69, 9.17) is 14.2 Å². The lowest BCUT2D eigenvalue weighted by atomic mass is 10.0. The van der Waals surface area contributed by atoms with E-state index >= 15 is 0 Å². The minimum atomic E-state index is -0.775. The van der Waals surface area contributed by atoms with Crippen LogP contribution >= 0.6 is 0 Å². The van der Waals surface area contributed by atoms with E-state index in [1.54, 1.807) is 0 Å². The van der Waals surface area contributed by atoms with Crippen molar-refractivity contribution in [2.75, 3.05) is 13.2 Å². The fourth-order valence-electron chi connectivity index (χ4n) is 10.4. The minimum Gasteiger partial charge on any atom is -0.462 e. The van der Waals surface area contributed by atoms with Crippen LogP contribution in [0.15, 0.2) is 36.5 Å². The summed E-state index contributed by atoms with van der Waals surface area (Å²) in [6.07, 6.45) is 81.7. The van der Waals surface area contributed by atoms with Gasteiger partial charge in [0.15, 0.2) is 6.10 Å². The lowest BCUT2D eigenvalue weighted by Gasteiger charge is -2.18. The molecule has 0 N–H and O–H groups in total. The Labute approximate surface area is 480 Å². The van der Waals surface area contributed by atoms with Gasteiger partial charge in [0.1, 0.15) is 13.2 Å². The van der Waals surface area contributed by atoms with Crippen molar-refractivity contribution in [3.8, 4) is 0 Å². The molecule has 0 fully saturated rings. The molecule has 0 spiro atoms. The summed E-state index contributed by atoms with van der Waals surface area (Å²) in [5, 5.41) is 0. The van der Waals surface area contributed by atoms with Crippen LogP contribution in [0.25, 0.3) is 0 Å². The van der Waals surface area contributed by atoms with Gasteiger partial charge < -0.3 is 14.2 Å². The Morgan fingerprint density at radius 1 is 0.247 bits per heavy atom. The molecule has 0 heterocycles. The van der Waals surface area contributed by atoms with Crippen LogP contribution in [-0.4, -0.2) is 37.2 Å². The fourth-order valence-corrected chi connectivity index (χ4v) is 10.4. The summed E-state index contributed by atoms with van der Waals surface area (Å²) >= 11 is 0. The van der Waals surface area contributed by atoms with Crippen LogP contribution in [0.1, 0.15) is 380 Å². The summed E-state index contributed by atoms with van der Waals surface area (Å²) in [7, 11) is 0. The Bertz CT molecular complexity index is 1290. The molecule has 0 aliphatic heterocycles. The van der Waals surface area contributed by atoms with Gasteiger partial charge in [0.2, 0.25) is 0 Å². The molecule has 6 heteroatoms. The highest BCUT2D eigenvalue weighted by Gasteiger charge is 2.19. The van der Waals surface area contributed by atoms with Crippen molar-refractivity contribution in [1.82, 2.24) is 0 Å². The Kier molecular flexibility index (Phi) is 64.1. The Hall–Kier alpha value is -2.37. The zero-order chi connectivity index (χ0) is 55.7. The SMILES string of the molecule is CCCCCC/C=C\CCCCCCCC(=O)OCC(COC(=O)CCCCCCCCCCCCCCCCC/C=C\CCCCCCCCCC)OC(=O)CCCCCCCCCCC/C=C\CCCCCCCC. The molecular formula is C71H132O6. The number of ether oxygens (including phenoxy) is 3. The number of esters is 3. The van der Waals surface area contributed by atoms with Gasteiger partial charge in [-0.2, -0.15) is 0 Å². The number of carbonyl (C=O) groups is 3. The van der Waals surface area contributed by atoms with E-state index < -0.39 is 6.10 Å². The molecular weight excluding hydrogens is 949 g/mol. The summed E-state index contributed by atoms with van der Waals surface area (Å²) in [6.45, 7) is 6.68. The molecule has 1 atom stereocenters. The first-order chi connectivity index (χ1) is 38.0. The molecule has 0 aliphatic rings. The van der Waals surface area contributed by atoms with Crippen LogP contribution < -0.4 is 0 Å². The van der Waals surface area contributed by atoms with Crippen LogP contribution in [0.4, 0.5) is 0 Å². The third-order valence-corrected chi connectivity index (χ3v) is 15.6. The normalized spacial score (nSPS) is 12.2. The molecule has 6 nitrogen and oxygen atoms in total. The lowest BCUT2D eigenvalue weighted by molar-refractivity contribution is -0.167. The summed E-state index contributed by atoms with van der Waals surface area (Å²) in [5.41, 5.74) is 0. The molecule has 0 bridgehead atoms. The monoisotopic (exact) mass is 1080 g/mol. The van der Waals surface area contributed by atoms with Crippen molar-refractivity contribution >= 4 is 17.9 Å². The van der Waals surface area contributed by atoms with Gasteiger partial charge in [-0.25, -0.2) is 0 Å². The molecule has 0 aromatic heterocycles. The smallest absolute Gasteiger partial charge is 0.306 e. The number of allylic oxidation sites excluding steroid dienone is 6. The molecule has 0 aliphatic carbocycles. The zero-order valence-corrected chi connectivity index (χ0v) is 52.0. The topological polar surface area (TPSA) is 78.9 Å². The molecule has 0 saturated heterocycles. The summed E-state index contributed by atoms with van der Waals surface area (Å²) in [6, 6.07) is 0. The Morgan fingerprint density at radius 3 is 0.662 bits per heavy atom. The van der Waals surface area contributed by atoms with Crippen molar-refractivity contribution in [2.45, 2.75) is 386 Å². The first kappa shape index (κ1) is 74.6. The van der Waals surface area contributed by atoms with Gasteiger partial charge in [-0.1, -0.05) is 301 Å². The third-order valence-electron chi connectivity index (χ3n) is 15.6. The summed E-state index contributed by atoms with van der Waals surface area (Å²) < 4.78 is 17.0. The maximum absolute atomic E-state index is 12.9. The standard InChI is InChI=1S/C71H132O6/c1-4-7-10-13-16-19-22-25-27-29-31-32-33-34-35-36-37-38-40-41-43-46-49-52-55-58-61-64-70(73)76-67-68(66-75-69(72)63-60-57-54-51-48-45-24-21-18-15-12-9-6-3)77-71(74)65-62-59-56-53-50-47-44-42-39-30-28-26-23-20-17-14-11-8-5-2/h21,24,26,28-29,31,68H,4-20,22-23,25,27,30,32-67H2,1-3H3/b24-21-,28-26-,31-29-. The average Bonchev–Trinajstić information content (AvgIpc) is 3.43. The predicted molar refractivity (Wildman–Crippen MR) is 335 cm³/mol. The molecule has 0 radical (unpaired) electrons. The highest BCUT2D eigenvalue weighted by Crippen LogP contribution is 2.18. The second-order valence-electron chi connectivity index (χ2n) is 23.4. The number of unbranched alkanes of at least 4 members (excludes halogenated alkanes) is 47. The molecule has 452 valence electrons. The predicted octanol–water partition coefficient (Wildman–Crippen LogP) is 23.6. The van der Waals surface area contributed by atoms with Gasteiger partial charge >= 0.3 is 17.9 Å². The van der Waals surface area contributed by atoms with Crippen molar-refractivity contribution < 1.29 is 28.6 Å². The zero-order valence-electron chi connectivity index (χ0n) is 52.0. The van der Waals surface area contributed by atoms with Gasteiger partial charge in [-0.15, -0.1) is 0 Å². The second-order valence-corrected chi connectivity index (χ2v) is 23.4. The van der Waals surface area contributed by atoms with E-state index in [9.17, 15) is 14.4 Å². The van der Waals surface area contributed by atoms with Crippen molar-refractivity contribution in [3.05, 3.63) is 36.5 Å². The highest BCUT2D eigenvalue weighted by atomic mass is 16.6. The van der Waals surface area contributed by atoms with E-state index in [0.717, 1.165) is 64.2 Å². The molecule has 77 heavy (non-hydrogen) atoms. The first-order valence-corrected chi connectivity index (χ1v) is 34.5. The van der Waals surface area contributed by atoms with Crippen LogP contribution in [0, 0.1) is 0 Å². The minimum absolute atomic E-state index is 0.0716. The van der Waals surface area contributed by atoms with E-state index in [-0.39, 0.29) is 31.1 Å².